The van der Waals surface area contributed by atoms with Gasteiger partial charge in [-0.1, -0.05) is 0 Å². The van der Waals surface area contributed by atoms with Crippen molar-refractivity contribution >= 4 is 23.3 Å². The molecule has 1 aliphatic rings. The largest absolute Gasteiger partial charge is 0.508 e. The molecular weight excluding hydrogens is 286 g/mol. The van der Waals surface area contributed by atoms with Crippen molar-refractivity contribution in [2.45, 2.75) is 13.8 Å². The lowest BCUT2D eigenvalue weighted by Crippen LogP contribution is -2.35. The van der Waals surface area contributed by atoms with Gasteiger partial charge in [-0.05, 0) is 44.2 Å². The fourth-order valence-corrected chi connectivity index (χ4v) is 1.96. The first-order valence-corrected chi connectivity index (χ1v) is 6.68. The van der Waals surface area contributed by atoms with Crippen molar-refractivity contribution in [2.75, 3.05) is 11.5 Å². The third-order valence-electron chi connectivity index (χ3n) is 3.06. The summed E-state index contributed by atoms with van der Waals surface area (Å²) in [5.41, 5.74) is 0.541. The van der Waals surface area contributed by atoms with Crippen molar-refractivity contribution in [3.8, 4) is 5.75 Å². The van der Waals surface area contributed by atoms with Gasteiger partial charge >= 0.3 is 6.09 Å². The third kappa shape index (κ3) is 3.06. The van der Waals surface area contributed by atoms with Crippen LogP contribution in [0.5, 0.6) is 5.75 Å². The Labute approximate surface area is 127 Å². The lowest BCUT2D eigenvalue weighted by atomic mass is 10.0. The summed E-state index contributed by atoms with van der Waals surface area (Å²) < 4.78 is 4.95. The number of amides is 1. The zero-order chi connectivity index (χ0) is 16.3. The molecule has 0 unspecified atom stereocenters. The van der Waals surface area contributed by atoms with Crippen LogP contribution < -0.4 is 4.90 Å². The second kappa shape index (κ2) is 6.26. The van der Waals surface area contributed by atoms with Crippen molar-refractivity contribution in [3.63, 3.8) is 0 Å². The van der Waals surface area contributed by atoms with E-state index in [-0.39, 0.29) is 23.8 Å². The number of nitrogens with zero attached hydrogens (tertiary/aromatic N) is 1. The van der Waals surface area contributed by atoms with Gasteiger partial charge in [0.25, 0.3) is 0 Å². The minimum absolute atomic E-state index is 0.0170. The average Bonchev–Trinajstić information content (AvgIpc) is 2.47. The van der Waals surface area contributed by atoms with Gasteiger partial charge in [-0.3, -0.25) is 9.59 Å². The Morgan fingerprint density at radius 3 is 2.36 bits per heavy atom. The predicted octanol–water partition coefficient (Wildman–Crippen LogP) is 2.34. The van der Waals surface area contributed by atoms with Gasteiger partial charge in [0, 0.05) is 11.6 Å². The lowest BCUT2D eigenvalue weighted by molar-refractivity contribution is -0.115. The van der Waals surface area contributed by atoms with Crippen molar-refractivity contribution in [2.24, 2.45) is 0 Å². The monoisotopic (exact) mass is 301 g/mol. The summed E-state index contributed by atoms with van der Waals surface area (Å²) >= 11 is 0. The SMILES string of the molecule is CCOC(=O)N(C1=CC(=O)C(C)=CC1=O)c1ccc(O)cc1. The fourth-order valence-electron chi connectivity index (χ4n) is 1.96. The predicted molar refractivity (Wildman–Crippen MR) is 79.5 cm³/mol. The number of carbonyl (C=O) groups excluding carboxylic acids is 3. The highest BCUT2D eigenvalue weighted by Crippen LogP contribution is 2.26. The molecule has 0 bridgehead atoms. The number of hydrogen-bond donors (Lipinski definition) is 1. The third-order valence-corrected chi connectivity index (χ3v) is 3.06. The summed E-state index contributed by atoms with van der Waals surface area (Å²) in [4.78, 5) is 37.1. The molecule has 6 heteroatoms. The van der Waals surface area contributed by atoms with Crippen LogP contribution in [0.3, 0.4) is 0 Å². The van der Waals surface area contributed by atoms with Crippen LogP contribution in [0.2, 0.25) is 0 Å². The van der Waals surface area contributed by atoms with Crippen molar-refractivity contribution in [3.05, 3.63) is 47.7 Å². The standard InChI is InChI=1S/C16H15NO5/c1-3-22-16(21)17(11-4-6-12(18)7-5-11)13-9-14(19)10(2)8-15(13)20/h4-9,18H,3H2,1-2H3. The van der Waals surface area contributed by atoms with E-state index in [0.29, 0.717) is 11.3 Å². The number of hydrogen-bond acceptors (Lipinski definition) is 5. The van der Waals surface area contributed by atoms with Crippen LogP contribution in [-0.4, -0.2) is 29.4 Å². The Morgan fingerprint density at radius 1 is 1.14 bits per heavy atom. The molecule has 6 nitrogen and oxygen atoms in total. The maximum absolute atomic E-state index is 12.2. The van der Waals surface area contributed by atoms with E-state index < -0.39 is 11.9 Å². The van der Waals surface area contributed by atoms with E-state index in [0.717, 1.165) is 11.0 Å². The number of allylic oxidation sites excluding steroid dienone is 3. The maximum Gasteiger partial charge on any atom is 0.419 e. The quantitative estimate of drug-likeness (QED) is 0.866. The topological polar surface area (TPSA) is 83.9 Å². The number of benzene rings is 1. The Bertz CT molecular complexity index is 685. The molecule has 0 fully saturated rings. The van der Waals surface area contributed by atoms with Crippen LogP contribution in [-0.2, 0) is 14.3 Å². The molecule has 2 rings (SSSR count). The molecule has 0 radical (unpaired) electrons. The van der Waals surface area contributed by atoms with E-state index in [1.165, 1.54) is 37.3 Å². The minimum Gasteiger partial charge on any atom is -0.508 e. The fraction of sp³-hybridized carbons (Fsp3) is 0.188. The number of rotatable bonds is 3. The van der Waals surface area contributed by atoms with E-state index in [4.69, 9.17) is 4.74 Å². The van der Waals surface area contributed by atoms with Gasteiger partial charge in [-0.15, -0.1) is 0 Å². The van der Waals surface area contributed by atoms with E-state index in [1.807, 2.05) is 0 Å². The molecule has 1 aromatic rings. The summed E-state index contributed by atoms with van der Waals surface area (Å²) in [7, 11) is 0. The second-order valence-electron chi connectivity index (χ2n) is 4.64. The molecule has 0 saturated heterocycles. The molecule has 1 amide bonds. The Hall–Kier alpha value is -2.89. The highest BCUT2D eigenvalue weighted by atomic mass is 16.6. The summed E-state index contributed by atoms with van der Waals surface area (Å²) in [6, 6.07) is 5.66. The highest BCUT2D eigenvalue weighted by Gasteiger charge is 2.29. The van der Waals surface area contributed by atoms with Crippen molar-refractivity contribution in [1.82, 2.24) is 0 Å². The van der Waals surface area contributed by atoms with Crippen LogP contribution >= 0.6 is 0 Å². The normalized spacial score (nSPS) is 14.3. The molecule has 0 spiro atoms. The van der Waals surface area contributed by atoms with Gasteiger partial charge in [0.15, 0.2) is 5.78 Å². The van der Waals surface area contributed by atoms with Crippen LogP contribution in [0.1, 0.15) is 13.8 Å². The Kier molecular flexibility index (Phi) is 4.41. The smallest absolute Gasteiger partial charge is 0.419 e. The summed E-state index contributed by atoms with van der Waals surface area (Å²) in [6.45, 7) is 3.29. The molecule has 1 aliphatic carbocycles. The molecule has 0 saturated carbocycles. The summed E-state index contributed by atoms with van der Waals surface area (Å²) in [6.07, 6.45) is 1.53. The summed E-state index contributed by atoms with van der Waals surface area (Å²) in [5.74, 6) is -0.788. The first-order valence-electron chi connectivity index (χ1n) is 6.68. The molecule has 22 heavy (non-hydrogen) atoms. The highest BCUT2D eigenvalue weighted by molar-refractivity contribution is 6.23. The zero-order valence-corrected chi connectivity index (χ0v) is 12.2. The second-order valence-corrected chi connectivity index (χ2v) is 4.64. The minimum atomic E-state index is -0.770. The molecule has 0 heterocycles. The Morgan fingerprint density at radius 2 is 1.77 bits per heavy atom. The number of ketones is 2. The number of phenolic OH excluding ortho intramolecular Hbond substituents is 1. The van der Waals surface area contributed by atoms with Crippen molar-refractivity contribution in [1.29, 1.82) is 0 Å². The van der Waals surface area contributed by atoms with Crippen LogP contribution in [0.15, 0.2) is 47.7 Å². The first-order chi connectivity index (χ1) is 10.4. The van der Waals surface area contributed by atoms with Gasteiger partial charge in [-0.2, -0.15) is 0 Å². The van der Waals surface area contributed by atoms with E-state index in [9.17, 15) is 19.5 Å². The molecule has 1 aromatic carbocycles. The number of carbonyl (C=O) groups is 3. The van der Waals surface area contributed by atoms with Gasteiger partial charge in [0.1, 0.15) is 11.4 Å². The molecule has 0 aromatic heterocycles. The van der Waals surface area contributed by atoms with Crippen molar-refractivity contribution < 1.29 is 24.2 Å². The summed E-state index contributed by atoms with van der Waals surface area (Å²) in [5, 5.41) is 9.34. The van der Waals surface area contributed by atoms with E-state index >= 15 is 0 Å². The van der Waals surface area contributed by atoms with Crippen LogP contribution in [0, 0.1) is 0 Å². The van der Waals surface area contributed by atoms with Crippen LogP contribution in [0.4, 0.5) is 10.5 Å². The molecule has 1 N–H and O–H groups in total. The number of phenols is 1. The number of anilines is 1. The number of ether oxygens (including phenoxy) is 1. The van der Waals surface area contributed by atoms with E-state index in [1.54, 1.807) is 6.92 Å². The van der Waals surface area contributed by atoms with Gasteiger partial charge < -0.3 is 9.84 Å². The number of aromatic hydroxyl groups is 1. The molecule has 114 valence electrons. The van der Waals surface area contributed by atoms with E-state index in [2.05, 4.69) is 0 Å². The van der Waals surface area contributed by atoms with Gasteiger partial charge in [-0.25, -0.2) is 9.69 Å². The first kappa shape index (κ1) is 15.5. The molecule has 0 aliphatic heterocycles. The molecule has 0 atom stereocenters. The van der Waals surface area contributed by atoms with Gasteiger partial charge in [0.05, 0.1) is 12.3 Å². The van der Waals surface area contributed by atoms with Crippen LogP contribution in [0.25, 0.3) is 0 Å². The molecular formula is C16H15NO5. The lowest BCUT2D eigenvalue weighted by Gasteiger charge is -2.24. The maximum atomic E-state index is 12.2. The Balaban J connectivity index is 2.48. The van der Waals surface area contributed by atoms with Gasteiger partial charge in [0.2, 0.25) is 5.78 Å². The zero-order valence-electron chi connectivity index (χ0n) is 12.2. The average molecular weight is 301 g/mol.